The Morgan fingerprint density at radius 1 is 0.943 bits per heavy atom. The number of nitrogens with one attached hydrogen (secondary N) is 2. The lowest BCUT2D eigenvalue weighted by Crippen LogP contribution is -2.52. The molecular formula is C25H30N6O4. The third-order valence-corrected chi connectivity index (χ3v) is 6.80. The number of fused-ring (bicyclic) bond motifs is 1. The smallest absolute Gasteiger partial charge is 0.428 e. The second-order valence-electron chi connectivity index (χ2n) is 9.09. The Labute approximate surface area is 203 Å². The van der Waals surface area contributed by atoms with Gasteiger partial charge in [0.1, 0.15) is 17.6 Å². The van der Waals surface area contributed by atoms with Crippen LogP contribution in [-0.2, 0) is 16.2 Å². The second kappa shape index (κ2) is 10.8. The van der Waals surface area contributed by atoms with Crippen molar-refractivity contribution >= 4 is 23.1 Å². The second-order valence-corrected chi connectivity index (χ2v) is 9.09. The molecule has 0 radical (unpaired) electrons. The van der Waals surface area contributed by atoms with Gasteiger partial charge in [-0.1, -0.05) is 30.3 Å². The summed E-state index contributed by atoms with van der Waals surface area (Å²) in [7, 11) is 0. The number of ether oxygens (including phenoxy) is 1. The summed E-state index contributed by atoms with van der Waals surface area (Å²) in [5.74, 6) is -0.0664. The number of aromatic amines is 1. The third-order valence-electron chi connectivity index (χ3n) is 6.80. The number of piperazine rings is 1. The van der Waals surface area contributed by atoms with Crippen LogP contribution in [0.3, 0.4) is 0 Å². The first-order valence-corrected chi connectivity index (χ1v) is 12.1. The monoisotopic (exact) mass is 478 g/mol. The van der Waals surface area contributed by atoms with Crippen LogP contribution in [0.25, 0.3) is 11.0 Å². The molecule has 1 amide bonds. The van der Waals surface area contributed by atoms with Gasteiger partial charge in [0.15, 0.2) is 0 Å². The number of benzene rings is 2. The van der Waals surface area contributed by atoms with E-state index >= 15 is 0 Å². The van der Waals surface area contributed by atoms with Crippen LogP contribution in [0.1, 0.15) is 41.6 Å². The molecule has 184 valence electrons. The Bertz CT molecular complexity index is 1140. The Hall–Kier alpha value is -3.50. The normalized spacial score (nSPS) is 21.5. The van der Waals surface area contributed by atoms with Gasteiger partial charge >= 0.3 is 6.16 Å². The summed E-state index contributed by atoms with van der Waals surface area (Å²) in [4.78, 5) is 32.5. The van der Waals surface area contributed by atoms with Crippen LogP contribution in [0, 0.1) is 0 Å². The van der Waals surface area contributed by atoms with Gasteiger partial charge < -0.3 is 14.9 Å². The molecule has 3 aromatic rings. The standard InChI is InChI=1S/C25H30N6O4/c32-24(19-6-11-22-23(16-19)28-29-27-22)26-20-7-9-21(10-8-20)30-12-14-31(15-13-30)35-25(33)34-17-18-4-2-1-3-5-18/h1-6,11,16,20-21H,7-10,12-15,17H2,(H,26,32)(H,27,28,29). The number of rotatable bonds is 6. The van der Waals surface area contributed by atoms with E-state index in [0.717, 1.165) is 49.9 Å². The highest BCUT2D eigenvalue weighted by Crippen LogP contribution is 2.25. The highest BCUT2D eigenvalue weighted by atomic mass is 16.8. The first kappa shape index (κ1) is 23.3. The molecular weight excluding hydrogens is 448 g/mol. The minimum Gasteiger partial charge on any atom is -0.428 e. The summed E-state index contributed by atoms with van der Waals surface area (Å²) in [6.07, 6.45) is 3.30. The maximum Gasteiger partial charge on any atom is 0.528 e. The number of hydrogen-bond donors (Lipinski definition) is 2. The van der Waals surface area contributed by atoms with E-state index in [1.807, 2.05) is 30.3 Å². The van der Waals surface area contributed by atoms with Crippen molar-refractivity contribution in [1.82, 2.24) is 30.7 Å². The number of carbonyl (C=O) groups excluding carboxylic acids is 2. The zero-order valence-corrected chi connectivity index (χ0v) is 19.6. The number of amides is 1. The molecule has 2 fully saturated rings. The average molecular weight is 479 g/mol. The zero-order valence-electron chi connectivity index (χ0n) is 19.6. The fourth-order valence-corrected chi connectivity index (χ4v) is 4.84. The molecule has 2 aromatic carbocycles. The van der Waals surface area contributed by atoms with Gasteiger partial charge in [0.25, 0.3) is 5.91 Å². The molecule has 1 saturated carbocycles. The number of nitrogens with zero attached hydrogens (tertiary/aromatic N) is 4. The summed E-state index contributed by atoms with van der Waals surface area (Å²) in [5.41, 5.74) is 2.97. The summed E-state index contributed by atoms with van der Waals surface area (Å²) in [6.45, 7) is 3.19. The van der Waals surface area contributed by atoms with E-state index in [9.17, 15) is 9.59 Å². The lowest BCUT2D eigenvalue weighted by Gasteiger charge is -2.41. The molecule has 2 N–H and O–H groups in total. The van der Waals surface area contributed by atoms with Crippen LogP contribution in [0.2, 0.25) is 0 Å². The molecule has 0 unspecified atom stereocenters. The maximum absolute atomic E-state index is 12.7. The molecule has 1 aromatic heterocycles. The minimum atomic E-state index is -0.666. The number of hydroxylamine groups is 2. The maximum atomic E-state index is 12.7. The van der Waals surface area contributed by atoms with Crippen LogP contribution < -0.4 is 5.32 Å². The van der Waals surface area contributed by atoms with E-state index in [-0.39, 0.29) is 18.6 Å². The Morgan fingerprint density at radius 3 is 2.46 bits per heavy atom. The number of aromatic nitrogens is 3. The molecule has 35 heavy (non-hydrogen) atoms. The van der Waals surface area contributed by atoms with Crippen LogP contribution >= 0.6 is 0 Å². The van der Waals surface area contributed by atoms with Gasteiger partial charge in [-0.3, -0.25) is 9.69 Å². The Balaban J connectivity index is 1.01. The fraction of sp³-hybridized carbons (Fsp3) is 0.440. The van der Waals surface area contributed by atoms with Gasteiger partial charge in [-0.15, -0.1) is 5.06 Å². The third kappa shape index (κ3) is 5.95. The van der Waals surface area contributed by atoms with Crippen molar-refractivity contribution in [3.63, 3.8) is 0 Å². The lowest BCUT2D eigenvalue weighted by atomic mass is 9.89. The SMILES string of the molecule is O=C(OCc1ccccc1)ON1CCN(C2CCC(NC(=O)c3ccc4n[nH]nc4c3)CC2)CC1. The highest BCUT2D eigenvalue weighted by molar-refractivity contribution is 5.97. The predicted octanol–water partition coefficient (Wildman–Crippen LogP) is 2.88. The Kier molecular flexibility index (Phi) is 7.20. The molecule has 1 aliphatic carbocycles. The van der Waals surface area contributed by atoms with Crippen molar-refractivity contribution in [2.45, 2.75) is 44.4 Å². The van der Waals surface area contributed by atoms with Crippen molar-refractivity contribution in [2.75, 3.05) is 26.2 Å². The van der Waals surface area contributed by atoms with Crippen molar-refractivity contribution < 1.29 is 19.2 Å². The van der Waals surface area contributed by atoms with Gasteiger partial charge in [0, 0.05) is 43.8 Å². The number of H-pyrrole nitrogens is 1. The molecule has 10 nitrogen and oxygen atoms in total. The lowest BCUT2D eigenvalue weighted by molar-refractivity contribution is -0.151. The molecule has 2 heterocycles. The van der Waals surface area contributed by atoms with E-state index in [4.69, 9.17) is 9.57 Å². The zero-order chi connectivity index (χ0) is 24.0. The van der Waals surface area contributed by atoms with Crippen molar-refractivity contribution in [2.24, 2.45) is 0 Å². The molecule has 1 aliphatic heterocycles. The molecule has 1 saturated heterocycles. The van der Waals surface area contributed by atoms with Gasteiger partial charge in [-0.25, -0.2) is 4.79 Å². The van der Waals surface area contributed by atoms with Crippen LogP contribution in [0.15, 0.2) is 48.5 Å². The number of hydrogen-bond acceptors (Lipinski definition) is 8. The van der Waals surface area contributed by atoms with Gasteiger partial charge in [-0.2, -0.15) is 15.4 Å². The summed E-state index contributed by atoms with van der Waals surface area (Å²) >= 11 is 0. The molecule has 0 spiro atoms. The Morgan fingerprint density at radius 2 is 1.69 bits per heavy atom. The van der Waals surface area contributed by atoms with E-state index in [0.29, 0.717) is 30.2 Å². The summed E-state index contributed by atoms with van der Waals surface area (Å²) in [5, 5.41) is 15.5. The minimum absolute atomic E-state index is 0.0664. The van der Waals surface area contributed by atoms with E-state index in [1.54, 1.807) is 23.3 Å². The molecule has 0 bridgehead atoms. The van der Waals surface area contributed by atoms with Gasteiger partial charge in [-0.05, 0) is 49.4 Å². The summed E-state index contributed by atoms with van der Waals surface area (Å²) < 4.78 is 5.21. The summed E-state index contributed by atoms with van der Waals surface area (Å²) in [6, 6.07) is 15.6. The van der Waals surface area contributed by atoms with Crippen molar-refractivity contribution in [1.29, 1.82) is 0 Å². The topological polar surface area (TPSA) is 113 Å². The van der Waals surface area contributed by atoms with E-state index in [2.05, 4.69) is 25.6 Å². The molecule has 0 atom stereocenters. The quantitative estimate of drug-likeness (QED) is 0.520. The van der Waals surface area contributed by atoms with E-state index in [1.165, 1.54) is 0 Å². The van der Waals surface area contributed by atoms with Crippen LogP contribution in [0.4, 0.5) is 4.79 Å². The van der Waals surface area contributed by atoms with Crippen LogP contribution in [-0.4, -0.2) is 75.7 Å². The first-order valence-electron chi connectivity index (χ1n) is 12.1. The number of carbonyl (C=O) groups is 2. The predicted molar refractivity (Wildman–Crippen MR) is 128 cm³/mol. The molecule has 2 aliphatic rings. The molecule has 5 rings (SSSR count). The largest absolute Gasteiger partial charge is 0.528 e. The molecule has 10 heteroatoms. The average Bonchev–Trinajstić information content (AvgIpc) is 3.37. The fourth-order valence-electron chi connectivity index (χ4n) is 4.84. The van der Waals surface area contributed by atoms with Gasteiger partial charge in [0.2, 0.25) is 0 Å². The highest BCUT2D eigenvalue weighted by Gasteiger charge is 2.30. The van der Waals surface area contributed by atoms with Crippen LogP contribution in [0.5, 0.6) is 0 Å². The van der Waals surface area contributed by atoms with Gasteiger partial charge in [0.05, 0.1) is 0 Å². The van der Waals surface area contributed by atoms with E-state index < -0.39 is 6.16 Å². The first-order chi connectivity index (χ1) is 17.1. The van der Waals surface area contributed by atoms with Crippen molar-refractivity contribution in [3.8, 4) is 0 Å². The van der Waals surface area contributed by atoms with Crippen molar-refractivity contribution in [3.05, 3.63) is 59.7 Å².